The molecule has 0 aliphatic carbocycles. The molecular weight excluding hydrogens is 228 g/mol. The number of phenolic OH excluding ortho intramolecular Hbond substituents is 1. The summed E-state index contributed by atoms with van der Waals surface area (Å²) >= 11 is 0. The summed E-state index contributed by atoms with van der Waals surface area (Å²) in [6, 6.07) is 5.19. The van der Waals surface area contributed by atoms with Crippen LogP contribution in [0.15, 0.2) is 36.8 Å². The van der Waals surface area contributed by atoms with E-state index >= 15 is 0 Å². The minimum Gasteiger partial charge on any atom is -0.508 e. The average molecular weight is 240 g/mol. The first-order valence-electron chi connectivity index (χ1n) is 5.59. The van der Waals surface area contributed by atoms with Crippen molar-refractivity contribution in [1.29, 1.82) is 0 Å². The van der Waals surface area contributed by atoms with Crippen LogP contribution >= 0.6 is 0 Å². The van der Waals surface area contributed by atoms with E-state index < -0.39 is 0 Å². The Morgan fingerprint density at radius 2 is 2.17 bits per heavy atom. The molecule has 5 nitrogen and oxygen atoms in total. The van der Waals surface area contributed by atoms with Crippen molar-refractivity contribution < 1.29 is 5.11 Å². The van der Waals surface area contributed by atoms with Crippen LogP contribution in [0.25, 0.3) is 22.2 Å². The van der Waals surface area contributed by atoms with E-state index in [0.29, 0.717) is 6.54 Å². The van der Waals surface area contributed by atoms with Crippen molar-refractivity contribution >= 4 is 10.9 Å². The van der Waals surface area contributed by atoms with Gasteiger partial charge in [0, 0.05) is 41.5 Å². The van der Waals surface area contributed by atoms with Crippen molar-refractivity contribution in [2.24, 2.45) is 5.73 Å². The molecule has 3 aromatic rings. The number of nitrogens with one attached hydrogen (secondary N) is 1. The van der Waals surface area contributed by atoms with Gasteiger partial charge in [0.2, 0.25) is 0 Å². The van der Waals surface area contributed by atoms with Crippen LogP contribution in [0.1, 0.15) is 5.69 Å². The monoisotopic (exact) mass is 240 g/mol. The van der Waals surface area contributed by atoms with Crippen molar-refractivity contribution in [3.8, 4) is 17.0 Å². The molecule has 3 rings (SSSR count). The Morgan fingerprint density at radius 3 is 3.00 bits per heavy atom. The van der Waals surface area contributed by atoms with Crippen molar-refractivity contribution in [3.05, 3.63) is 42.5 Å². The lowest BCUT2D eigenvalue weighted by Crippen LogP contribution is -2.00. The first-order valence-corrected chi connectivity index (χ1v) is 5.59. The summed E-state index contributed by atoms with van der Waals surface area (Å²) in [4.78, 5) is 11.7. The van der Waals surface area contributed by atoms with E-state index in [4.69, 9.17) is 5.73 Å². The van der Waals surface area contributed by atoms with Crippen molar-refractivity contribution in [3.63, 3.8) is 0 Å². The van der Waals surface area contributed by atoms with E-state index in [2.05, 4.69) is 15.0 Å². The smallest absolute Gasteiger partial charge is 0.117 e. The second-order valence-electron chi connectivity index (χ2n) is 4.03. The molecule has 18 heavy (non-hydrogen) atoms. The number of aromatic amines is 1. The predicted octanol–water partition coefficient (Wildman–Crippen LogP) is 1.79. The van der Waals surface area contributed by atoms with E-state index in [1.807, 2.05) is 12.3 Å². The normalized spacial score (nSPS) is 10.9. The van der Waals surface area contributed by atoms with Gasteiger partial charge in [0.1, 0.15) is 5.75 Å². The summed E-state index contributed by atoms with van der Waals surface area (Å²) in [5.74, 6) is 0.234. The average Bonchev–Trinajstić information content (AvgIpc) is 2.81. The van der Waals surface area contributed by atoms with Gasteiger partial charge >= 0.3 is 0 Å². The zero-order valence-electron chi connectivity index (χ0n) is 9.59. The Labute approximate surface area is 103 Å². The molecule has 0 unspecified atom stereocenters. The molecule has 90 valence electrons. The van der Waals surface area contributed by atoms with Gasteiger partial charge in [-0.2, -0.15) is 0 Å². The van der Waals surface area contributed by atoms with Gasteiger partial charge in [-0.15, -0.1) is 0 Å². The Morgan fingerprint density at radius 1 is 1.28 bits per heavy atom. The molecule has 0 bridgehead atoms. The van der Waals surface area contributed by atoms with Crippen LogP contribution in [0, 0.1) is 0 Å². The molecule has 5 heteroatoms. The second kappa shape index (κ2) is 4.12. The number of phenols is 1. The van der Waals surface area contributed by atoms with Crippen LogP contribution in [0.3, 0.4) is 0 Å². The van der Waals surface area contributed by atoms with E-state index in [0.717, 1.165) is 27.9 Å². The molecule has 4 N–H and O–H groups in total. The second-order valence-corrected chi connectivity index (χ2v) is 4.03. The largest absolute Gasteiger partial charge is 0.508 e. The fraction of sp³-hybridized carbons (Fsp3) is 0.0769. The third kappa shape index (κ3) is 1.70. The molecule has 2 heterocycles. The number of nitrogens with two attached hydrogens (primary N) is 1. The van der Waals surface area contributed by atoms with Crippen LogP contribution < -0.4 is 5.73 Å². The molecule has 0 radical (unpaired) electrons. The molecule has 0 atom stereocenters. The molecule has 0 saturated heterocycles. The van der Waals surface area contributed by atoms with Crippen molar-refractivity contribution in [2.45, 2.75) is 6.54 Å². The zero-order valence-corrected chi connectivity index (χ0v) is 9.59. The third-order valence-electron chi connectivity index (χ3n) is 2.83. The SMILES string of the molecule is NCc1cncc(-c2c[nH]c3cc(O)ccc23)n1. The standard InChI is InChI=1S/C13H12N4O/c14-4-8-5-15-7-13(17-8)11-6-16-12-3-9(18)1-2-10(11)12/h1-3,5-7,16,18H,4,14H2. The maximum absolute atomic E-state index is 9.43. The fourth-order valence-corrected chi connectivity index (χ4v) is 1.96. The zero-order chi connectivity index (χ0) is 12.5. The molecular formula is C13H12N4O. The Bertz CT molecular complexity index is 705. The Balaban J connectivity index is 2.19. The quantitative estimate of drug-likeness (QED) is 0.637. The van der Waals surface area contributed by atoms with E-state index in [9.17, 15) is 5.11 Å². The van der Waals surface area contributed by atoms with Gasteiger partial charge in [0.25, 0.3) is 0 Å². The van der Waals surface area contributed by atoms with Gasteiger partial charge in [-0.3, -0.25) is 4.98 Å². The highest BCUT2D eigenvalue weighted by atomic mass is 16.3. The maximum Gasteiger partial charge on any atom is 0.117 e. The summed E-state index contributed by atoms with van der Waals surface area (Å²) in [6.07, 6.45) is 5.22. The predicted molar refractivity (Wildman–Crippen MR) is 68.9 cm³/mol. The van der Waals surface area contributed by atoms with Gasteiger partial charge in [0.05, 0.1) is 17.6 Å². The highest BCUT2D eigenvalue weighted by Gasteiger charge is 2.08. The van der Waals surface area contributed by atoms with E-state index in [-0.39, 0.29) is 5.75 Å². The van der Waals surface area contributed by atoms with Gasteiger partial charge in [-0.05, 0) is 12.1 Å². The number of nitrogens with zero attached hydrogens (tertiary/aromatic N) is 2. The highest BCUT2D eigenvalue weighted by molar-refractivity contribution is 5.95. The van der Waals surface area contributed by atoms with Gasteiger partial charge < -0.3 is 15.8 Å². The third-order valence-corrected chi connectivity index (χ3v) is 2.83. The molecule has 0 amide bonds. The summed E-state index contributed by atoms with van der Waals surface area (Å²) in [6.45, 7) is 0.365. The number of aromatic hydroxyl groups is 1. The molecule has 0 aliphatic rings. The number of benzene rings is 1. The van der Waals surface area contributed by atoms with Crippen LogP contribution in [0.5, 0.6) is 5.75 Å². The lowest BCUT2D eigenvalue weighted by molar-refractivity contribution is 0.476. The number of rotatable bonds is 2. The first-order chi connectivity index (χ1) is 8.78. The number of hydrogen-bond donors (Lipinski definition) is 3. The lowest BCUT2D eigenvalue weighted by Gasteiger charge is -2.01. The van der Waals surface area contributed by atoms with Gasteiger partial charge in [-0.1, -0.05) is 0 Å². The van der Waals surface area contributed by atoms with Crippen LogP contribution in [0.2, 0.25) is 0 Å². The number of hydrogen-bond acceptors (Lipinski definition) is 4. The van der Waals surface area contributed by atoms with Crippen molar-refractivity contribution in [2.75, 3.05) is 0 Å². The maximum atomic E-state index is 9.43. The van der Waals surface area contributed by atoms with E-state index in [1.54, 1.807) is 24.5 Å². The molecule has 2 aromatic heterocycles. The summed E-state index contributed by atoms with van der Waals surface area (Å²) in [5, 5.41) is 10.4. The van der Waals surface area contributed by atoms with Crippen molar-refractivity contribution in [1.82, 2.24) is 15.0 Å². The minimum atomic E-state index is 0.234. The van der Waals surface area contributed by atoms with Gasteiger partial charge in [-0.25, -0.2) is 4.98 Å². The number of aromatic nitrogens is 3. The Hall–Kier alpha value is -2.40. The number of H-pyrrole nitrogens is 1. The summed E-state index contributed by atoms with van der Waals surface area (Å²) in [7, 11) is 0. The van der Waals surface area contributed by atoms with Crippen LogP contribution in [-0.4, -0.2) is 20.1 Å². The molecule has 1 aromatic carbocycles. The topological polar surface area (TPSA) is 87.8 Å². The Kier molecular flexibility index (Phi) is 2.46. The van der Waals surface area contributed by atoms with Gasteiger partial charge in [0.15, 0.2) is 0 Å². The van der Waals surface area contributed by atoms with Crippen LogP contribution in [0.4, 0.5) is 0 Å². The molecule has 0 spiro atoms. The highest BCUT2D eigenvalue weighted by Crippen LogP contribution is 2.28. The molecule has 0 saturated carbocycles. The first kappa shape index (κ1) is 10.7. The summed E-state index contributed by atoms with van der Waals surface area (Å²) < 4.78 is 0. The molecule has 0 fully saturated rings. The van der Waals surface area contributed by atoms with Crippen LogP contribution in [-0.2, 0) is 6.54 Å². The summed E-state index contributed by atoms with van der Waals surface area (Å²) in [5.41, 5.74) is 8.90. The minimum absolute atomic E-state index is 0.234. The fourth-order valence-electron chi connectivity index (χ4n) is 1.96. The number of fused-ring (bicyclic) bond motifs is 1. The molecule has 0 aliphatic heterocycles. The lowest BCUT2D eigenvalue weighted by atomic mass is 10.1. The van der Waals surface area contributed by atoms with E-state index in [1.165, 1.54) is 0 Å².